The first-order valence-corrected chi connectivity index (χ1v) is 18.5. The van der Waals surface area contributed by atoms with E-state index in [1.165, 1.54) is 27.5 Å². The van der Waals surface area contributed by atoms with E-state index >= 15 is 0 Å². The predicted molar refractivity (Wildman–Crippen MR) is 223 cm³/mol. The van der Waals surface area contributed by atoms with E-state index < -0.39 is 0 Å². The zero-order valence-corrected chi connectivity index (χ0v) is 31.2. The highest BCUT2D eigenvalue weighted by molar-refractivity contribution is 6.98. The van der Waals surface area contributed by atoms with Crippen LogP contribution in [0.15, 0.2) is 150 Å². The third-order valence-corrected chi connectivity index (χ3v) is 10.8. The molecule has 0 unspecified atom stereocenters. The highest BCUT2D eigenvalue weighted by Gasteiger charge is 2.36. The Kier molecular flexibility index (Phi) is 7.67. The summed E-state index contributed by atoms with van der Waals surface area (Å²) < 4.78 is 6.41. The van der Waals surface area contributed by atoms with Crippen LogP contribution in [0.3, 0.4) is 0 Å². The number of para-hydroxylation sites is 2. The van der Waals surface area contributed by atoms with Crippen LogP contribution in [0, 0.1) is 0 Å². The monoisotopic (exact) mass is 687 g/mol. The Morgan fingerprint density at radius 2 is 1.11 bits per heavy atom. The van der Waals surface area contributed by atoms with Gasteiger partial charge in [-0.2, -0.15) is 0 Å². The summed E-state index contributed by atoms with van der Waals surface area (Å²) in [5.41, 5.74) is 15.6. The van der Waals surface area contributed by atoms with Gasteiger partial charge in [0.15, 0.2) is 0 Å². The SMILES string of the molecule is CC(C)(C)c1ccnc(-c2cccc(B3c4ccccc4N(c4cccc5oc6ccccc6c45)c4ccc(-c5cc(C(C)(C)C)ccn5)cc43)c2)c1. The quantitative estimate of drug-likeness (QED) is 0.173. The van der Waals surface area contributed by atoms with Gasteiger partial charge in [-0.25, -0.2) is 0 Å². The normalized spacial score (nSPS) is 13.0. The maximum Gasteiger partial charge on any atom is 0.246 e. The summed E-state index contributed by atoms with van der Waals surface area (Å²) in [6.07, 6.45) is 3.89. The summed E-state index contributed by atoms with van der Waals surface area (Å²) in [5.74, 6) is 0. The smallest absolute Gasteiger partial charge is 0.246 e. The Morgan fingerprint density at radius 1 is 0.509 bits per heavy atom. The lowest BCUT2D eigenvalue weighted by Gasteiger charge is -2.37. The van der Waals surface area contributed by atoms with Crippen molar-refractivity contribution in [3.63, 3.8) is 0 Å². The van der Waals surface area contributed by atoms with Crippen molar-refractivity contribution in [3.8, 4) is 22.5 Å². The standard InChI is InChI=1S/C48H42BN3O/c1-47(2,3)33-23-25-50-39(29-33)31-13-11-14-35(27-31)49-37-16-8-9-17-41(37)52(43-18-12-20-45-46(43)36-15-7-10-19-44(36)53-45)42-22-21-32(28-38(42)49)40-30-34(24-26-51-40)48(4,5)6/h7-30H,1-6H3. The molecule has 0 atom stereocenters. The molecule has 8 aromatic rings. The molecule has 0 saturated carbocycles. The molecule has 0 N–H and O–H groups in total. The number of furan rings is 1. The molecule has 1 aliphatic rings. The molecular weight excluding hydrogens is 645 g/mol. The summed E-state index contributed by atoms with van der Waals surface area (Å²) in [7, 11) is 0. The number of fused-ring (bicyclic) bond motifs is 5. The van der Waals surface area contributed by atoms with Crippen molar-refractivity contribution in [3.05, 3.63) is 157 Å². The molecule has 53 heavy (non-hydrogen) atoms. The first kappa shape index (κ1) is 32.9. The minimum atomic E-state index is -0.0331. The van der Waals surface area contributed by atoms with Crippen LogP contribution in [0.4, 0.5) is 17.1 Å². The largest absolute Gasteiger partial charge is 0.456 e. The highest BCUT2D eigenvalue weighted by Crippen LogP contribution is 2.44. The second-order valence-electron chi connectivity index (χ2n) is 16.3. The maximum atomic E-state index is 6.41. The van der Waals surface area contributed by atoms with Gasteiger partial charge in [-0.3, -0.25) is 9.97 Å². The Hall–Kier alpha value is -5.94. The molecule has 1 aliphatic heterocycles. The molecule has 0 radical (unpaired) electrons. The maximum absolute atomic E-state index is 6.41. The lowest BCUT2D eigenvalue weighted by molar-refractivity contribution is 0.589. The summed E-state index contributed by atoms with van der Waals surface area (Å²) in [4.78, 5) is 12.2. The molecule has 4 heterocycles. The van der Waals surface area contributed by atoms with Crippen molar-refractivity contribution in [2.24, 2.45) is 0 Å². The molecule has 0 bridgehead atoms. The zero-order valence-electron chi connectivity index (χ0n) is 31.2. The number of aromatic nitrogens is 2. The summed E-state index contributed by atoms with van der Waals surface area (Å²) >= 11 is 0. The number of pyridine rings is 2. The van der Waals surface area contributed by atoms with Crippen molar-refractivity contribution in [1.82, 2.24) is 9.97 Å². The molecule has 5 heteroatoms. The average molecular weight is 688 g/mol. The zero-order chi connectivity index (χ0) is 36.5. The first-order chi connectivity index (χ1) is 25.5. The van der Waals surface area contributed by atoms with Crippen LogP contribution >= 0.6 is 0 Å². The van der Waals surface area contributed by atoms with Crippen LogP contribution in [0.1, 0.15) is 52.7 Å². The second-order valence-corrected chi connectivity index (χ2v) is 16.3. The van der Waals surface area contributed by atoms with E-state index in [1.807, 2.05) is 18.5 Å². The van der Waals surface area contributed by atoms with E-state index in [0.29, 0.717) is 0 Å². The molecule has 9 rings (SSSR count). The lowest BCUT2D eigenvalue weighted by Crippen LogP contribution is -2.57. The fraction of sp³-hybridized carbons (Fsp3) is 0.167. The van der Waals surface area contributed by atoms with Gasteiger partial charge in [0.1, 0.15) is 11.2 Å². The van der Waals surface area contributed by atoms with E-state index in [-0.39, 0.29) is 17.5 Å². The Balaban J connectivity index is 1.29. The molecule has 0 fully saturated rings. The number of hydrogen-bond donors (Lipinski definition) is 0. The van der Waals surface area contributed by atoms with Crippen LogP contribution in [-0.4, -0.2) is 16.7 Å². The topological polar surface area (TPSA) is 42.2 Å². The third kappa shape index (κ3) is 5.72. The second kappa shape index (κ2) is 12.3. The van der Waals surface area contributed by atoms with Crippen LogP contribution < -0.4 is 21.3 Å². The Labute approximate surface area is 312 Å². The number of hydrogen-bond acceptors (Lipinski definition) is 4. The molecule has 0 aliphatic carbocycles. The number of nitrogens with zero attached hydrogens (tertiary/aromatic N) is 3. The van der Waals surface area contributed by atoms with Crippen molar-refractivity contribution in [1.29, 1.82) is 0 Å². The van der Waals surface area contributed by atoms with E-state index in [1.54, 1.807) is 0 Å². The molecule has 3 aromatic heterocycles. The molecule has 0 saturated heterocycles. The summed E-state index contributed by atoms with van der Waals surface area (Å²) in [6.45, 7) is 13.5. The van der Waals surface area contributed by atoms with Gasteiger partial charge in [-0.15, -0.1) is 0 Å². The predicted octanol–water partition coefficient (Wildman–Crippen LogP) is 10.6. The van der Waals surface area contributed by atoms with Gasteiger partial charge in [0.25, 0.3) is 0 Å². The Bertz CT molecular complexity index is 2680. The molecule has 4 nitrogen and oxygen atoms in total. The molecule has 5 aromatic carbocycles. The number of anilines is 3. The third-order valence-electron chi connectivity index (χ3n) is 10.8. The van der Waals surface area contributed by atoms with E-state index in [0.717, 1.165) is 61.5 Å². The molecule has 0 amide bonds. The number of benzene rings is 5. The van der Waals surface area contributed by atoms with Crippen molar-refractivity contribution in [2.45, 2.75) is 52.4 Å². The van der Waals surface area contributed by atoms with Crippen molar-refractivity contribution < 1.29 is 4.42 Å². The molecule has 0 spiro atoms. The minimum Gasteiger partial charge on any atom is -0.456 e. The number of rotatable bonds is 4. The van der Waals surface area contributed by atoms with Gasteiger partial charge in [0.2, 0.25) is 6.71 Å². The first-order valence-electron chi connectivity index (χ1n) is 18.5. The Morgan fingerprint density at radius 3 is 1.85 bits per heavy atom. The summed E-state index contributed by atoms with van der Waals surface area (Å²) in [5, 5.41) is 2.22. The highest BCUT2D eigenvalue weighted by atomic mass is 16.3. The van der Waals surface area contributed by atoms with Crippen molar-refractivity contribution >= 4 is 62.1 Å². The van der Waals surface area contributed by atoms with Gasteiger partial charge >= 0.3 is 0 Å². The van der Waals surface area contributed by atoms with Crippen LogP contribution in [0.2, 0.25) is 0 Å². The average Bonchev–Trinajstić information content (AvgIpc) is 3.55. The fourth-order valence-electron chi connectivity index (χ4n) is 7.93. The van der Waals surface area contributed by atoms with E-state index in [4.69, 9.17) is 14.4 Å². The van der Waals surface area contributed by atoms with Gasteiger partial charge in [0, 0.05) is 29.2 Å². The molecular formula is C48H42BN3O. The lowest BCUT2D eigenvalue weighted by atomic mass is 9.35. The van der Waals surface area contributed by atoms with Crippen LogP contribution in [0.5, 0.6) is 0 Å². The fourth-order valence-corrected chi connectivity index (χ4v) is 7.93. The van der Waals surface area contributed by atoms with Crippen LogP contribution in [0.25, 0.3) is 44.5 Å². The molecule has 258 valence electrons. The van der Waals surface area contributed by atoms with E-state index in [9.17, 15) is 0 Å². The minimum absolute atomic E-state index is 0.00892. The summed E-state index contributed by atoms with van der Waals surface area (Å²) in [6, 6.07) is 48.2. The van der Waals surface area contributed by atoms with Gasteiger partial charge in [-0.05, 0) is 98.6 Å². The van der Waals surface area contributed by atoms with E-state index in [2.05, 4.69) is 174 Å². The van der Waals surface area contributed by atoms with Gasteiger partial charge < -0.3 is 9.32 Å². The van der Waals surface area contributed by atoms with Crippen molar-refractivity contribution in [2.75, 3.05) is 4.90 Å². The van der Waals surface area contributed by atoms with Gasteiger partial charge in [-0.1, -0.05) is 126 Å². The van der Waals surface area contributed by atoms with Crippen LogP contribution in [-0.2, 0) is 10.8 Å². The van der Waals surface area contributed by atoms with Gasteiger partial charge in [0.05, 0.1) is 22.5 Å².